The summed E-state index contributed by atoms with van der Waals surface area (Å²) in [6.07, 6.45) is 1.85. The number of piperazine rings is 1. The van der Waals surface area contributed by atoms with E-state index in [0.29, 0.717) is 49.4 Å². The molecule has 1 aromatic heterocycles. The van der Waals surface area contributed by atoms with Crippen LogP contribution in [0.4, 0.5) is 34.5 Å². The highest BCUT2D eigenvalue weighted by Crippen LogP contribution is 2.30. The van der Waals surface area contributed by atoms with Crippen LogP contribution in [0.3, 0.4) is 0 Å². The van der Waals surface area contributed by atoms with Gasteiger partial charge < -0.3 is 30.9 Å². The minimum absolute atomic E-state index is 0.0562. The largest absolute Gasteiger partial charge is 0.383 e. The number of benzene rings is 3. The maximum Gasteiger partial charge on any atom is 0.262 e. The van der Waals surface area contributed by atoms with Crippen molar-refractivity contribution < 1.29 is 37.1 Å². The molecule has 4 heterocycles. The van der Waals surface area contributed by atoms with Gasteiger partial charge in [0, 0.05) is 85.7 Å². The maximum atomic E-state index is 13.1. The van der Waals surface area contributed by atoms with Crippen molar-refractivity contribution in [3.05, 3.63) is 89.6 Å². The van der Waals surface area contributed by atoms with Crippen LogP contribution in [0.15, 0.2) is 77.8 Å². The normalized spacial score (nSPS) is 17.0. The van der Waals surface area contributed by atoms with Crippen LogP contribution in [0.1, 0.15) is 59.9 Å². The molecule has 19 nitrogen and oxygen atoms in total. The predicted octanol–water partition coefficient (Wildman–Crippen LogP) is 3.12. The molecule has 7 rings (SSSR count). The summed E-state index contributed by atoms with van der Waals surface area (Å²) in [4.78, 5) is 77.0. The highest BCUT2D eigenvalue weighted by atomic mass is 32.2. The summed E-state index contributed by atoms with van der Waals surface area (Å²) in [6.45, 7) is 11.9. The number of hydrogen-bond acceptors (Lipinski definition) is 15. The molecule has 2 saturated heterocycles. The fourth-order valence-electron chi connectivity index (χ4n) is 7.49. The van der Waals surface area contributed by atoms with Crippen LogP contribution in [0.25, 0.3) is 0 Å². The van der Waals surface area contributed by atoms with E-state index in [1.165, 1.54) is 0 Å². The van der Waals surface area contributed by atoms with Gasteiger partial charge in [0.15, 0.2) is 0 Å². The molecule has 1 atom stereocenters. The molecule has 20 heteroatoms. The van der Waals surface area contributed by atoms with Crippen LogP contribution in [0.5, 0.6) is 0 Å². The van der Waals surface area contributed by atoms with Crippen LogP contribution in [-0.2, 0) is 29.1 Å². The van der Waals surface area contributed by atoms with E-state index < -0.39 is 45.2 Å². The number of amides is 5. The van der Waals surface area contributed by atoms with E-state index in [1.54, 1.807) is 69.4 Å². The molecule has 2 fully saturated rings. The number of imide groups is 2. The van der Waals surface area contributed by atoms with Gasteiger partial charge >= 0.3 is 0 Å². The van der Waals surface area contributed by atoms with Crippen molar-refractivity contribution in [2.75, 3.05) is 79.9 Å². The molecule has 0 saturated carbocycles. The van der Waals surface area contributed by atoms with Crippen LogP contribution in [0.2, 0.25) is 0 Å². The fourth-order valence-corrected chi connectivity index (χ4v) is 8.95. The second kappa shape index (κ2) is 19.5. The summed E-state index contributed by atoms with van der Waals surface area (Å²) in [7, 11) is -3.71. The number of sulfonamides is 1. The number of carbonyl (C=O) groups is 5. The van der Waals surface area contributed by atoms with Gasteiger partial charge in [0.25, 0.3) is 11.8 Å². The number of rotatable bonds is 17. The van der Waals surface area contributed by atoms with E-state index in [9.17, 15) is 32.4 Å². The second-order valence-electron chi connectivity index (χ2n) is 16.8. The smallest absolute Gasteiger partial charge is 0.262 e. The summed E-state index contributed by atoms with van der Waals surface area (Å²) < 4.78 is 34.1. The Morgan fingerprint density at radius 3 is 2.31 bits per heavy atom. The number of carbonyl (C=O) groups excluding carboxylic acids is 5. The molecule has 338 valence electrons. The van der Waals surface area contributed by atoms with E-state index in [4.69, 9.17) is 4.74 Å². The van der Waals surface area contributed by atoms with Gasteiger partial charge in [0.2, 0.25) is 33.7 Å². The van der Waals surface area contributed by atoms with Crippen molar-refractivity contribution in [2.24, 2.45) is 0 Å². The van der Waals surface area contributed by atoms with E-state index >= 15 is 0 Å². The van der Waals surface area contributed by atoms with Crippen molar-refractivity contribution >= 4 is 74.1 Å². The third kappa shape index (κ3) is 11.4. The van der Waals surface area contributed by atoms with E-state index in [0.717, 1.165) is 48.0 Å². The first-order valence-corrected chi connectivity index (χ1v) is 22.5. The molecule has 1 unspecified atom stereocenters. The summed E-state index contributed by atoms with van der Waals surface area (Å²) in [5.74, 6) is -1.37. The molecule has 64 heavy (non-hydrogen) atoms. The van der Waals surface area contributed by atoms with E-state index in [1.807, 2.05) is 31.2 Å². The van der Waals surface area contributed by atoms with Gasteiger partial charge in [-0.15, -0.1) is 0 Å². The summed E-state index contributed by atoms with van der Waals surface area (Å²) in [5.41, 5.74) is 3.61. The van der Waals surface area contributed by atoms with Gasteiger partial charge in [-0.2, -0.15) is 4.98 Å². The number of nitrogens with zero attached hydrogens (tertiary/aromatic N) is 5. The van der Waals surface area contributed by atoms with E-state index in [2.05, 4.69) is 51.1 Å². The molecule has 0 radical (unpaired) electrons. The highest BCUT2D eigenvalue weighted by molar-refractivity contribution is 7.89. The predicted molar refractivity (Wildman–Crippen MR) is 240 cm³/mol. The van der Waals surface area contributed by atoms with E-state index in [-0.39, 0.29) is 41.3 Å². The molecular formula is C44H53N11O8S. The maximum absolute atomic E-state index is 13.1. The Morgan fingerprint density at radius 2 is 1.58 bits per heavy atom. The number of aryl methyl sites for hydroxylation is 1. The van der Waals surface area contributed by atoms with Crippen LogP contribution >= 0.6 is 0 Å². The lowest BCUT2D eigenvalue weighted by Crippen LogP contribution is -2.54. The fraction of sp³-hybridized carbons (Fsp3) is 0.386. The molecule has 6 N–H and O–H groups in total. The lowest BCUT2D eigenvalue weighted by Gasteiger charge is -2.35. The molecule has 0 spiro atoms. The number of nitrogens with one attached hydrogen (secondary N) is 6. The molecule has 4 aromatic rings. The summed E-state index contributed by atoms with van der Waals surface area (Å²) >= 11 is 0. The quantitative estimate of drug-likeness (QED) is 0.0660. The van der Waals surface area contributed by atoms with Crippen molar-refractivity contribution in [1.82, 2.24) is 35.1 Å². The molecule has 3 aromatic carbocycles. The van der Waals surface area contributed by atoms with Crippen molar-refractivity contribution in [2.45, 2.75) is 57.0 Å². The Bertz CT molecular complexity index is 2520. The Labute approximate surface area is 371 Å². The molecule has 0 bridgehead atoms. The van der Waals surface area contributed by atoms with Crippen LogP contribution < -0.4 is 36.2 Å². The monoisotopic (exact) mass is 895 g/mol. The number of piperidine rings is 1. The summed E-state index contributed by atoms with van der Waals surface area (Å²) in [5, 5.41) is 14.7. The SMILES string of the molecule is Cc1cnc(Nc2ccc(N3CCN(CC(=O)NCCOCCNc4ccc5c(c4)C(=O)N(C4CCC(=O)NC4=O)C5=O)CC3)cc2)nc1Nc1cccc(S(=O)(=O)NC(C)(C)C)c1. The first kappa shape index (κ1) is 45.5. The zero-order chi connectivity index (χ0) is 45.6. The highest BCUT2D eigenvalue weighted by Gasteiger charge is 2.44. The number of hydrogen-bond donors (Lipinski definition) is 6. The van der Waals surface area contributed by atoms with Gasteiger partial charge in [-0.05, 0) is 94.8 Å². The van der Waals surface area contributed by atoms with Gasteiger partial charge in [-0.3, -0.25) is 39.1 Å². The molecule has 5 amide bonds. The van der Waals surface area contributed by atoms with Crippen LogP contribution in [-0.4, -0.2) is 128 Å². The average Bonchev–Trinajstić information content (AvgIpc) is 3.49. The van der Waals surface area contributed by atoms with Crippen molar-refractivity contribution in [1.29, 1.82) is 0 Å². The zero-order valence-corrected chi connectivity index (χ0v) is 37.0. The lowest BCUT2D eigenvalue weighted by atomic mass is 10.0. The Balaban J connectivity index is 0.786. The Morgan fingerprint density at radius 1 is 0.859 bits per heavy atom. The third-order valence-corrected chi connectivity index (χ3v) is 12.4. The molecule has 3 aliphatic rings. The lowest BCUT2D eigenvalue weighted by molar-refractivity contribution is -0.136. The topological polar surface area (TPSA) is 236 Å². The van der Waals surface area contributed by atoms with Gasteiger partial charge in [-0.1, -0.05) is 6.07 Å². The number of anilines is 6. The number of fused-ring (bicyclic) bond motifs is 1. The van der Waals surface area contributed by atoms with Gasteiger partial charge in [0.1, 0.15) is 11.9 Å². The zero-order valence-electron chi connectivity index (χ0n) is 36.2. The Hall–Kier alpha value is -6.48. The van der Waals surface area contributed by atoms with Crippen molar-refractivity contribution in [3.8, 4) is 0 Å². The molecule has 3 aliphatic heterocycles. The third-order valence-electron chi connectivity index (χ3n) is 10.6. The average molecular weight is 896 g/mol. The standard InChI is InChI=1S/C44H53N11O8S/c1-28-26-47-43(51-39(28)48-31-6-5-7-33(24-31)64(61,62)52-44(2,3)4)49-29-8-11-32(12-9-29)54-20-18-53(19-21-54)27-38(57)46-17-23-63-22-16-45-30-10-13-34-35(25-30)42(60)55(41(34)59)36-14-15-37(56)50-40(36)58/h5-13,24-26,36,45,52H,14-23,27H2,1-4H3,(H,46,57)(H,50,56,58)(H2,47,48,49,51). The Kier molecular flexibility index (Phi) is 13.9. The minimum Gasteiger partial charge on any atom is -0.383 e. The first-order chi connectivity index (χ1) is 30.5. The molecular weight excluding hydrogens is 843 g/mol. The number of aromatic nitrogens is 2. The number of ether oxygens (including phenoxy) is 1. The van der Waals surface area contributed by atoms with Gasteiger partial charge in [0.05, 0.1) is 35.8 Å². The van der Waals surface area contributed by atoms with Gasteiger partial charge in [-0.25, -0.2) is 18.1 Å². The second-order valence-corrected chi connectivity index (χ2v) is 18.4. The summed E-state index contributed by atoms with van der Waals surface area (Å²) in [6, 6.07) is 18.3. The minimum atomic E-state index is -3.71. The first-order valence-electron chi connectivity index (χ1n) is 21.1. The van der Waals surface area contributed by atoms with Crippen LogP contribution in [0, 0.1) is 6.92 Å². The molecule has 0 aliphatic carbocycles. The van der Waals surface area contributed by atoms with Crippen molar-refractivity contribution in [3.63, 3.8) is 0 Å².